The number of Topliss-reactive ketones (excluding diaryl/α,β-unsaturated/α-hetero) is 1. The van der Waals surface area contributed by atoms with Crippen LogP contribution in [-0.4, -0.2) is 98.0 Å². The summed E-state index contributed by atoms with van der Waals surface area (Å²) in [7, 11) is -2.75. The topological polar surface area (TPSA) is 174 Å². The molecule has 284 valence electrons. The lowest BCUT2D eigenvalue weighted by Crippen LogP contribution is -2.62. The van der Waals surface area contributed by atoms with Crippen molar-refractivity contribution in [2.45, 2.75) is 103 Å². The quantitative estimate of drug-likeness (QED) is 0.149. The van der Waals surface area contributed by atoms with Crippen molar-refractivity contribution in [3.8, 4) is 0 Å². The summed E-state index contributed by atoms with van der Waals surface area (Å²) < 4.78 is 41.3. The molecule has 5 amide bonds. The number of nitrogens with one attached hydrogen (secondary N) is 4. The van der Waals surface area contributed by atoms with Crippen molar-refractivity contribution in [2.24, 2.45) is 22.7 Å². The van der Waals surface area contributed by atoms with Crippen LogP contribution in [0, 0.1) is 28.5 Å². The van der Waals surface area contributed by atoms with Crippen LogP contribution in [0.25, 0.3) is 0 Å². The molecular weight excluding hydrogens is 679 g/mol. The van der Waals surface area contributed by atoms with E-state index in [2.05, 4.69) is 27.8 Å². The minimum Gasteiger partial charge on any atom is -0.346 e. The van der Waals surface area contributed by atoms with E-state index >= 15 is 0 Å². The second kappa shape index (κ2) is 16.7. The number of ketones is 1. The molecule has 0 bridgehead atoms. The van der Waals surface area contributed by atoms with Crippen LogP contribution in [-0.2, 0) is 29.2 Å². The van der Waals surface area contributed by atoms with E-state index in [4.69, 9.17) is 0 Å². The van der Waals surface area contributed by atoms with Crippen LogP contribution in [0.3, 0.4) is 0 Å². The Bertz CT molecular complexity index is 1590. The predicted octanol–water partition coefficient (Wildman–Crippen LogP) is 2.97. The number of carbonyl (C=O) groups is 5. The first-order valence-electron chi connectivity index (χ1n) is 17.5. The van der Waals surface area contributed by atoms with Crippen molar-refractivity contribution < 1.29 is 36.8 Å². The highest BCUT2D eigenvalue weighted by Gasteiger charge is 2.58. The number of unbranched alkanes of at least 4 members (excludes halogenated alkanes) is 1. The van der Waals surface area contributed by atoms with Gasteiger partial charge in [0.25, 0.3) is 5.91 Å². The fourth-order valence-electron chi connectivity index (χ4n) is 6.22. The van der Waals surface area contributed by atoms with Crippen LogP contribution in [0.1, 0.15) is 74.1 Å². The fourth-order valence-corrected chi connectivity index (χ4v) is 7.43. The molecule has 1 aliphatic heterocycles. The molecule has 0 radical (unpaired) electrons. The van der Waals surface area contributed by atoms with E-state index in [1.54, 1.807) is 20.8 Å². The van der Waals surface area contributed by atoms with Gasteiger partial charge in [-0.05, 0) is 53.7 Å². The number of sulfonamides is 1. The highest BCUT2D eigenvalue weighted by Crippen LogP contribution is 2.50. The molecular formula is C36H55FN6O7S. The molecule has 15 heteroatoms. The van der Waals surface area contributed by atoms with Crippen molar-refractivity contribution in [3.63, 3.8) is 0 Å². The highest BCUT2D eigenvalue weighted by molar-refractivity contribution is 7.89. The predicted molar refractivity (Wildman–Crippen MR) is 191 cm³/mol. The van der Waals surface area contributed by atoms with Crippen LogP contribution in [0.5, 0.6) is 0 Å². The van der Waals surface area contributed by atoms with Gasteiger partial charge in [-0.2, -0.15) is 4.31 Å². The van der Waals surface area contributed by atoms with E-state index in [1.165, 1.54) is 30.2 Å². The summed E-state index contributed by atoms with van der Waals surface area (Å²) >= 11 is 0. The zero-order chi connectivity index (χ0) is 38.5. The number of urea groups is 1. The molecule has 4 N–H and O–H groups in total. The summed E-state index contributed by atoms with van der Waals surface area (Å²) in [6, 6.07) is 0.208. The zero-order valence-electron chi connectivity index (χ0n) is 31.0. The summed E-state index contributed by atoms with van der Waals surface area (Å²) in [5.41, 5.74) is -1.45. The van der Waals surface area contributed by atoms with Crippen molar-refractivity contribution in [3.05, 3.63) is 42.7 Å². The molecule has 2 fully saturated rings. The molecule has 1 unspecified atom stereocenters. The number of likely N-dealkylation sites (tertiary alicyclic amines) is 1. The molecule has 13 nitrogen and oxygen atoms in total. The molecule has 2 aliphatic rings. The number of nitrogens with zero attached hydrogens (tertiary/aromatic N) is 2. The zero-order valence-corrected chi connectivity index (χ0v) is 31.9. The molecule has 3 rings (SSSR count). The normalized spacial score (nSPS) is 20.4. The van der Waals surface area contributed by atoms with E-state index in [9.17, 15) is 36.8 Å². The minimum absolute atomic E-state index is 0.0978. The number of likely N-dealkylation sites (N-methyl/N-ethyl adjacent to an activating group) is 1. The Kier molecular flexibility index (Phi) is 13.6. The summed E-state index contributed by atoms with van der Waals surface area (Å²) in [5, 5.41) is 10.9. The van der Waals surface area contributed by atoms with Gasteiger partial charge in [-0.25, -0.2) is 17.6 Å². The lowest BCUT2D eigenvalue weighted by atomic mass is 9.85. The number of fused-ring (bicyclic) bond motifs is 1. The van der Waals surface area contributed by atoms with E-state index in [-0.39, 0.29) is 36.2 Å². The van der Waals surface area contributed by atoms with Gasteiger partial charge in [-0.3, -0.25) is 19.2 Å². The van der Waals surface area contributed by atoms with E-state index in [0.29, 0.717) is 13.0 Å². The van der Waals surface area contributed by atoms with E-state index < -0.39 is 80.4 Å². The summed E-state index contributed by atoms with van der Waals surface area (Å²) in [4.78, 5) is 68.3. The third-order valence-electron chi connectivity index (χ3n) is 9.49. The Labute approximate surface area is 301 Å². The van der Waals surface area contributed by atoms with E-state index in [0.717, 1.165) is 29.3 Å². The minimum atomic E-state index is -4.09. The summed E-state index contributed by atoms with van der Waals surface area (Å²) in [6.07, 6.45) is 3.78. The third kappa shape index (κ3) is 10.6. The Hall–Kier alpha value is -3.85. The summed E-state index contributed by atoms with van der Waals surface area (Å²) in [6.45, 7) is 16.5. The molecule has 0 aromatic heterocycles. The van der Waals surface area contributed by atoms with Crippen LogP contribution in [0.4, 0.5) is 9.18 Å². The number of halogens is 1. The SMILES string of the molecule is C=CCNC(=O)C(=O)C(CCCC)NC(=O)[C@@H]1[C@H]2C[C@H]2CN1C(=O)[C@@H](NC(=O)N[C@H](CN(C)S(=O)(=O)c1cccc(F)c1)C(C)(C)C)C(C)(C)C. The average molecular weight is 735 g/mol. The Morgan fingerprint density at radius 3 is 2.29 bits per heavy atom. The van der Waals surface area contributed by atoms with Crippen LogP contribution in [0.15, 0.2) is 41.8 Å². The molecule has 0 spiro atoms. The first kappa shape index (κ1) is 41.6. The lowest BCUT2D eigenvalue weighted by molar-refractivity contribution is -0.144. The van der Waals surface area contributed by atoms with Gasteiger partial charge in [0, 0.05) is 32.7 Å². The lowest BCUT2D eigenvalue weighted by Gasteiger charge is -2.38. The fraction of sp³-hybridized carbons (Fsp3) is 0.639. The standard InChI is InChI=1S/C36H55FN6O7S/c1-10-12-16-26(29(44)32(46)38-17-11-2)39-31(45)28-25-18-22(25)20-43(28)33(47)30(36(6,7)8)41-34(48)40-27(35(3,4)5)21-42(9)51(49,50)24-15-13-14-23(37)19-24/h11,13-15,19,22,25-28,30H,2,10,12,16-18,20-21H2,1,3-9H3,(H,38,46)(H,39,45)(H2,40,41,48)/t22-,25-,26?,27+,28-,30+/m0/s1. The molecule has 1 saturated heterocycles. The summed E-state index contributed by atoms with van der Waals surface area (Å²) in [5.74, 6) is -3.29. The van der Waals surface area contributed by atoms with Crippen LogP contribution in [0.2, 0.25) is 0 Å². The molecule has 1 aliphatic carbocycles. The third-order valence-corrected chi connectivity index (χ3v) is 11.3. The van der Waals surface area contributed by atoms with Crippen molar-refractivity contribution in [1.82, 2.24) is 30.5 Å². The number of piperidine rings is 1. The Morgan fingerprint density at radius 1 is 1.06 bits per heavy atom. The van der Waals surface area contributed by atoms with Gasteiger partial charge in [-0.15, -0.1) is 6.58 Å². The molecule has 1 saturated carbocycles. The molecule has 6 atom stereocenters. The van der Waals surface area contributed by atoms with Gasteiger partial charge in [0.15, 0.2) is 0 Å². The van der Waals surface area contributed by atoms with Crippen molar-refractivity contribution >= 4 is 39.6 Å². The van der Waals surface area contributed by atoms with Crippen molar-refractivity contribution in [2.75, 3.05) is 26.7 Å². The first-order chi connectivity index (χ1) is 23.6. The largest absolute Gasteiger partial charge is 0.346 e. The second-order valence-corrected chi connectivity index (χ2v) is 17.8. The van der Waals surface area contributed by atoms with Gasteiger partial charge in [0.1, 0.15) is 17.9 Å². The van der Waals surface area contributed by atoms with Gasteiger partial charge < -0.3 is 26.2 Å². The van der Waals surface area contributed by atoms with Gasteiger partial charge in [0.2, 0.25) is 27.6 Å². The number of rotatable bonds is 16. The maximum absolute atomic E-state index is 14.2. The maximum Gasteiger partial charge on any atom is 0.315 e. The van der Waals surface area contributed by atoms with Crippen LogP contribution >= 0.6 is 0 Å². The monoisotopic (exact) mass is 734 g/mol. The van der Waals surface area contributed by atoms with Crippen molar-refractivity contribution in [1.29, 1.82) is 0 Å². The van der Waals surface area contributed by atoms with Crippen LogP contribution < -0.4 is 21.3 Å². The number of amides is 5. The number of carbonyl (C=O) groups excluding carboxylic acids is 5. The van der Waals surface area contributed by atoms with Gasteiger partial charge in [-0.1, -0.05) is 73.5 Å². The highest BCUT2D eigenvalue weighted by atomic mass is 32.2. The first-order valence-corrected chi connectivity index (χ1v) is 18.9. The number of hydrogen-bond donors (Lipinski definition) is 4. The Morgan fingerprint density at radius 2 is 1.73 bits per heavy atom. The number of hydrogen-bond acceptors (Lipinski definition) is 7. The van der Waals surface area contributed by atoms with E-state index in [1.807, 2.05) is 27.7 Å². The number of benzene rings is 1. The molecule has 1 aromatic rings. The maximum atomic E-state index is 14.2. The smallest absolute Gasteiger partial charge is 0.315 e. The molecule has 51 heavy (non-hydrogen) atoms. The Balaban J connectivity index is 1.78. The average Bonchev–Trinajstić information content (AvgIpc) is 3.70. The molecule has 1 aromatic carbocycles. The molecule has 1 heterocycles. The van der Waals surface area contributed by atoms with Gasteiger partial charge in [0.05, 0.1) is 10.9 Å². The second-order valence-electron chi connectivity index (χ2n) is 15.7. The van der Waals surface area contributed by atoms with Gasteiger partial charge >= 0.3 is 6.03 Å².